The smallest absolute Gasteiger partial charge is 0.123 e. The number of methoxy groups -OCH3 is 1. The van der Waals surface area contributed by atoms with E-state index in [9.17, 15) is 4.39 Å². The van der Waals surface area contributed by atoms with Crippen LogP contribution in [0.25, 0.3) is 0 Å². The van der Waals surface area contributed by atoms with Crippen LogP contribution < -0.4 is 5.32 Å². The summed E-state index contributed by atoms with van der Waals surface area (Å²) in [6, 6.07) is 5.12. The summed E-state index contributed by atoms with van der Waals surface area (Å²) >= 11 is 0. The zero-order valence-corrected chi connectivity index (χ0v) is 12.8. The Morgan fingerprint density at radius 3 is 2.60 bits per heavy atom. The first-order valence-electron chi connectivity index (χ1n) is 7.67. The minimum Gasteiger partial charge on any atom is -0.376 e. The molecular formula is C17H26FNO. The lowest BCUT2D eigenvalue weighted by molar-refractivity contribution is -0.0686. The number of hydrogen-bond donors (Lipinski definition) is 1. The van der Waals surface area contributed by atoms with Crippen molar-refractivity contribution >= 4 is 0 Å². The molecule has 1 unspecified atom stereocenters. The molecule has 1 aromatic carbocycles. The summed E-state index contributed by atoms with van der Waals surface area (Å²) in [4.78, 5) is 0. The van der Waals surface area contributed by atoms with Crippen LogP contribution >= 0.6 is 0 Å². The van der Waals surface area contributed by atoms with Crippen LogP contribution in [0, 0.1) is 12.7 Å². The Balaban J connectivity index is 2.40. The maximum Gasteiger partial charge on any atom is 0.123 e. The molecule has 1 aliphatic carbocycles. The molecule has 0 heterocycles. The van der Waals surface area contributed by atoms with Gasteiger partial charge in [0.1, 0.15) is 5.82 Å². The van der Waals surface area contributed by atoms with Gasteiger partial charge in [0, 0.05) is 7.11 Å². The van der Waals surface area contributed by atoms with E-state index >= 15 is 0 Å². The predicted octanol–water partition coefficient (Wildman–Crippen LogP) is 4.13. The third kappa shape index (κ3) is 3.04. The van der Waals surface area contributed by atoms with Gasteiger partial charge in [0.15, 0.2) is 0 Å². The van der Waals surface area contributed by atoms with Crippen LogP contribution in [-0.4, -0.2) is 19.3 Å². The van der Waals surface area contributed by atoms with E-state index in [1.165, 1.54) is 25.3 Å². The fraction of sp³-hybridized carbons (Fsp3) is 0.647. The Morgan fingerprint density at radius 2 is 2.00 bits per heavy atom. The van der Waals surface area contributed by atoms with Crippen molar-refractivity contribution in [1.29, 1.82) is 0 Å². The number of benzene rings is 1. The highest BCUT2D eigenvalue weighted by Crippen LogP contribution is 2.42. The number of aryl methyl sites for hydroxylation is 1. The van der Waals surface area contributed by atoms with Gasteiger partial charge in [0.2, 0.25) is 0 Å². The minimum absolute atomic E-state index is 0.0634. The molecule has 1 fully saturated rings. The number of hydrogen-bond acceptors (Lipinski definition) is 2. The van der Waals surface area contributed by atoms with Gasteiger partial charge in [0.05, 0.1) is 11.6 Å². The quantitative estimate of drug-likeness (QED) is 0.875. The van der Waals surface area contributed by atoms with Crippen LogP contribution in [0.4, 0.5) is 4.39 Å². The summed E-state index contributed by atoms with van der Waals surface area (Å²) < 4.78 is 19.6. The van der Waals surface area contributed by atoms with E-state index in [1.807, 2.05) is 13.0 Å². The molecule has 20 heavy (non-hydrogen) atoms. The lowest BCUT2D eigenvalue weighted by atomic mass is 9.75. The van der Waals surface area contributed by atoms with Crippen molar-refractivity contribution in [1.82, 2.24) is 5.32 Å². The maximum atomic E-state index is 13.7. The van der Waals surface area contributed by atoms with Crippen LogP contribution in [0.15, 0.2) is 18.2 Å². The molecule has 1 saturated carbocycles. The number of likely N-dealkylation sites (N-methyl/N-ethyl adjacent to an activating group) is 1. The topological polar surface area (TPSA) is 21.3 Å². The molecule has 2 nitrogen and oxygen atoms in total. The molecule has 2 rings (SSSR count). The third-order valence-electron chi connectivity index (χ3n) is 4.59. The van der Waals surface area contributed by atoms with Gasteiger partial charge in [-0.15, -0.1) is 0 Å². The summed E-state index contributed by atoms with van der Waals surface area (Å²) in [6.07, 6.45) is 5.72. The van der Waals surface area contributed by atoms with Crippen molar-refractivity contribution in [2.45, 2.75) is 57.6 Å². The predicted molar refractivity (Wildman–Crippen MR) is 80.4 cm³/mol. The van der Waals surface area contributed by atoms with Crippen LogP contribution in [0.1, 0.15) is 56.2 Å². The number of rotatable bonds is 5. The monoisotopic (exact) mass is 279 g/mol. The fourth-order valence-corrected chi connectivity index (χ4v) is 3.47. The fourth-order valence-electron chi connectivity index (χ4n) is 3.47. The molecule has 0 saturated heterocycles. The van der Waals surface area contributed by atoms with Crippen molar-refractivity contribution in [3.8, 4) is 0 Å². The summed E-state index contributed by atoms with van der Waals surface area (Å²) in [5, 5.41) is 3.54. The molecule has 1 aromatic rings. The molecule has 0 aromatic heterocycles. The Bertz CT molecular complexity index is 441. The molecule has 1 N–H and O–H groups in total. The van der Waals surface area contributed by atoms with E-state index in [0.29, 0.717) is 0 Å². The zero-order chi connectivity index (χ0) is 14.6. The minimum atomic E-state index is -0.202. The molecule has 112 valence electrons. The summed E-state index contributed by atoms with van der Waals surface area (Å²) in [6.45, 7) is 4.99. The Morgan fingerprint density at radius 1 is 1.30 bits per heavy atom. The number of nitrogens with one attached hydrogen (secondary N) is 1. The van der Waals surface area contributed by atoms with Gasteiger partial charge in [-0.25, -0.2) is 4.39 Å². The first kappa shape index (κ1) is 15.5. The molecule has 0 aliphatic heterocycles. The van der Waals surface area contributed by atoms with Gasteiger partial charge in [-0.2, -0.15) is 0 Å². The van der Waals surface area contributed by atoms with Crippen LogP contribution in [0.2, 0.25) is 0 Å². The van der Waals surface area contributed by atoms with Crippen molar-refractivity contribution in [2.24, 2.45) is 0 Å². The van der Waals surface area contributed by atoms with Gasteiger partial charge in [-0.3, -0.25) is 0 Å². The first-order valence-corrected chi connectivity index (χ1v) is 7.67. The molecular weight excluding hydrogens is 253 g/mol. The highest BCUT2D eigenvalue weighted by Gasteiger charge is 2.41. The molecule has 0 amide bonds. The second-order valence-corrected chi connectivity index (χ2v) is 5.82. The Hall–Kier alpha value is -0.930. The van der Waals surface area contributed by atoms with E-state index in [0.717, 1.165) is 30.5 Å². The van der Waals surface area contributed by atoms with Crippen molar-refractivity contribution in [3.63, 3.8) is 0 Å². The highest BCUT2D eigenvalue weighted by atomic mass is 19.1. The third-order valence-corrected chi connectivity index (χ3v) is 4.59. The molecule has 0 spiro atoms. The maximum absolute atomic E-state index is 13.7. The first-order chi connectivity index (χ1) is 9.63. The lowest BCUT2D eigenvalue weighted by Gasteiger charge is -2.43. The van der Waals surface area contributed by atoms with Gasteiger partial charge in [0.25, 0.3) is 0 Å². The molecule has 1 atom stereocenters. The second kappa shape index (κ2) is 6.68. The molecule has 1 aliphatic rings. The van der Waals surface area contributed by atoms with E-state index in [-0.39, 0.29) is 17.5 Å². The van der Waals surface area contributed by atoms with Gasteiger partial charge in [-0.05, 0) is 49.6 Å². The van der Waals surface area contributed by atoms with Crippen LogP contribution in [-0.2, 0) is 4.74 Å². The summed E-state index contributed by atoms with van der Waals surface area (Å²) in [5.74, 6) is -0.171. The highest BCUT2D eigenvalue weighted by molar-refractivity contribution is 5.32. The molecule has 0 bridgehead atoms. The van der Waals surface area contributed by atoms with E-state index in [1.54, 1.807) is 13.2 Å². The lowest BCUT2D eigenvalue weighted by Crippen LogP contribution is -2.47. The SMILES string of the molecule is CCNC(c1cc(F)ccc1C)C1(OC)CCCCC1. The van der Waals surface area contributed by atoms with Crippen LogP contribution in [0.3, 0.4) is 0 Å². The average Bonchev–Trinajstić information content (AvgIpc) is 2.48. The van der Waals surface area contributed by atoms with Crippen molar-refractivity contribution < 1.29 is 9.13 Å². The summed E-state index contributed by atoms with van der Waals surface area (Å²) in [5.41, 5.74) is 1.96. The Kier molecular flexibility index (Phi) is 5.17. The number of ether oxygens (including phenoxy) is 1. The largest absolute Gasteiger partial charge is 0.376 e. The van der Waals surface area contributed by atoms with E-state index in [4.69, 9.17) is 4.74 Å². The van der Waals surface area contributed by atoms with Crippen LogP contribution in [0.5, 0.6) is 0 Å². The van der Waals surface area contributed by atoms with Gasteiger partial charge >= 0.3 is 0 Å². The zero-order valence-electron chi connectivity index (χ0n) is 12.8. The summed E-state index contributed by atoms with van der Waals surface area (Å²) in [7, 11) is 1.80. The normalized spacial score (nSPS) is 19.8. The second-order valence-electron chi connectivity index (χ2n) is 5.82. The van der Waals surface area contributed by atoms with Gasteiger partial charge in [-0.1, -0.05) is 32.3 Å². The standard InChI is InChI=1S/C17H26FNO/c1-4-19-16(15-12-14(18)9-8-13(15)2)17(20-3)10-6-5-7-11-17/h8-9,12,16,19H,4-7,10-11H2,1-3H3. The molecule has 0 radical (unpaired) electrons. The van der Waals surface area contributed by atoms with Crippen molar-refractivity contribution in [3.05, 3.63) is 35.1 Å². The Labute approximate surface area is 121 Å². The van der Waals surface area contributed by atoms with Crippen molar-refractivity contribution in [2.75, 3.05) is 13.7 Å². The average molecular weight is 279 g/mol. The van der Waals surface area contributed by atoms with Gasteiger partial charge < -0.3 is 10.1 Å². The number of halogens is 1. The van der Waals surface area contributed by atoms with E-state index < -0.39 is 0 Å². The molecule has 3 heteroatoms. The van der Waals surface area contributed by atoms with E-state index in [2.05, 4.69) is 12.2 Å².